The molecule has 1 fully saturated rings. The van der Waals surface area contributed by atoms with Crippen LogP contribution in [0.2, 0.25) is 0 Å². The first-order valence-corrected chi connectivity index (χ1v) is 11.1. The van der Waals surface area contributed by atoms with E-state index in [4.69, 9.17) is 18.7 Å². The predicted molar refractivity (Wildman–Crippen MR) is 123 cm³/mol. The van der Waals surface area contributed by atoms with Gasteiger partial charge in [0.15, 0.2) is 11.5 Å². The van der Waals surface area contributed by atoms with Gasteiger partial charge in [-0.2, -0.15) is 4.98 Å². The Kier molecular flexibility index (Phi) is 6.82. The molecule has 2 atom stereocenters. The summed E-state index contributed by atoms with van der Waals surface area (Å²) >= 11 is 0. The quantitative estimate of drug-likeness (QED) is 0.469. The van der Waals surface area contributed by atoms with Crippen LogP contribution in [-0.2, 0) is 4.79 Å². The summed E-state index contributed by atoms with van der Waals surface area (Å²) in [4.78, 5) is 19.2. The number of rotatable bonds is 9. The van der Waals surface area contributed by atoms with Crippen molar-refractivity contribution in [2.75, 3.05) is 27.4 Å². The van der Waals surface area contributed by atoms with Crippen molar-refractivity contribution >= 4 is 5.91 Å². The summed E-state index contributed by atoms with van der Waals surface area (Å²) in [5.41, 5.74) is 1.81. The molecule has 0 bridgehead atoms. The van der Waals surface area contributed by atoms with Gasteiger partial charge in [0.05, 0.1) is 32.8 Å². The summed E-state index contributed by atoms with van der Waals surface area (Å²) < 4.78 is 21.9. The van der Waals surface area contributed by atoms with Crippen molar-refractivity contribution in [3.05, 3.63) is 53.9 Å². The van der Waals surface area contributed by atoms with Crippen LogP contribution in [0.5, 0.6) is 17.2 Å². The normalized spacial score (nSPS) is 16.7. The van der Waals surface area contributed by atoms with E-state index >= 15 is 0 Å². The van der Waals surface area contributed by atoms with E-state index in [1.54, 1.807) is 14.2 Å². The third-order valence-electron chi connectivity index (χ3n) is 5.90. The third-order valence-corrected chi connectivity index (χ3v) is 5.90. The Morgan fingerprint density at radius 3 is 2.61 bits per heavy atom. The highest BCUT2D eigenvalue weighted by Gasteiger charge is 2.37. The Labute approximate surface area is 193 Å². The van der Waals surface area contributed by atoms with Gasteiger partial charge in [-0.05, 0) is 49.2 Å². The lowest BCUT2D eigenvalue weighted by Gasteiger charge is -2.25. The molecule has 2 heterocycles. The first kappa shape index (κ1) is 22.6. The highest BCUT2D eigenvalue weighted by molar-refractivity contribution is 5.80. The highest BCUT2D eigenvalue weighted by atomic mass is 16.5. The van der Waals surface area contributed by atoms with E-state index in [9.17, 15) is 4.79 Å². The standard InChI is InChI=1S/C25H29N3O5/c1-5-12-32-21-11-8-18(13-22(21)31-4)24-26-25(33-27-24)19-14-23(29)28(15-19)16(2)17-6-9-20(30-3)10-7-17/h6-11,13,16,19H,5,12,14-15H2,1-4H3. The predicted octanol–water partition coefficient (Wildman–Crippen LogP) is 4.62. The Bertz CT molecular complexity index is 1100. The van der Waals surface area contributed by atoms with Gasteiger partial charge < -0.3 is 23.6 Å². The zero-order valence-corrected chi connectivity index (χ0v) is 19.4. The van der Waals surface area contributed by atoms with Crippen LogP contribution in [0.3, 0.4) is 0 Å². The molecule has 4 rings (SSSR count). The molecule has 1 amide bonds. The van der Waals surface area contributed by atoms with Crippen LogP contribution < -0.4 is 14.2 Å². The lowest BCUT2D eigenvalue weighted by Crippen LogP contribution is -2.28. The van der Waals surface area contributed by atoms with E-state index < -0.39 is 0 Å². The Balaban J connectivity index is 1.48. The van der Waals surface area contributed by atoms with E-state index in [1.807, 2.05) is 61.2 Å². The van der Waals surface area contributed by atoms with Crippen LogP contribution in [0.25, 0.3) is 11.4 Å². The van der Waals surface area contributed by atoms with Crippen LogP contribution in [-0.4, -0.2) is 48.3 Å². The van der Waals surface area contributed by atoms with E-state index in [1.165, 1.54) is 0 Å². The zero-order chi connectivity index (χ0) is 23.4. The van der Waals surface area contributed by atoms with Gasteiger partial charge in [-0.25, -0.2) is 0 Å². The number of methoxy groups -OCH3 is 2. The minimum absolute atomic E-state index is 0.0595. The molecule has 0 spiro atoms. The summed E-state index contributed by atoms with van der Waals surface area (Å²) in [6.07, 6.45) is 1.25. The van der Waals surface area contributed by atoms with Gasteiger partial charge in [-0.15, -0.1) is 0 Å². The largest absolute Gasteiger partial charge is 0.497 e. The molecule has 1 aromatic heterocycles. The SMILES string of the molecule is CCCOc1ccc(-c2noc(C3CC(=O)N(C(C)c4ccc(OC)cc4)C3)n2)cc1OC. The van der Waals surface area contributed by atoms with Gasteiger partial charge in [0.25, 0.3) is 0 Å². The molecule has 1 aliphatic heterocycles. The molecular formula is C25H29N3O5. The molecule has 33 heavy (non-hydrogen) atoms. The van der Waals surface area contributed by atoms with Crippen molar-refractivity contribution in [1.82, 2.24) is 15.0 Å². The fourth-order valence-corrected chi connectivity index (χ4v) is 3.99. The summed E-state index contributed by atoms with van der Waals surface area (Å²) in [6, 6.07) is 13.3. The van der Waals surface area contributed by atoms with Gasteiger partial charge in [-0.3, -0.25) is 4.79 Å². The van der Waals surface area contributed by atoms with Crippen molar-refractivity contribution in [1.29, 1.82) is 0 Å². The summed E-state index contributed by atoms with van der Waals surface area (Å²) in [7, 11) is 3.23. The number of hydrogen-bond donors (Lipinski definition) is 0. The highest BCUT2D eigenvalue weighted by Crippen LogP contribution is 2.36. The first-order chi connectivity index (χ1) is 16.0. The number of likely N-dealkylation sites (tertiary alicyclic amines) is 1. The van der Waals surface area contributed by atoms with Crippen LogP contribution in [0, 0.1) is 0 Å². The van der Waals surface area contributed by atoms with Crippen molar-refractivity contribution in [2.24, 2.45) is 0 Å². The maximum absolute atomic E-state index is 12.8. The topological polar surface area (TPSA) is 86.9 Å². The van der Waals surface area contributed by atoms with Crippen molar-refractivity contribution in [2.45, 2.75) is 38.6 Å². The number of hydrogen-bond acceptors (Lipinski definition) is 7. The van der Waals surface area contributed by atoms with Gasteiger partial charge in [-0.1, -0.05) is 24.2 Å². The monoisotopic (exact) mass is 451 g/mol. The Morgan fingerprint density at radius 2 is 1.91 bits per heavy atom. The zero-order valence-electron chi connectivity index (χ0n) is 19.4. The minimum Gasteiger partial charge on any atom is -0.497 e. The van der Waals surface area contributed by atoms with Gasteiger partial charge >= 0.3 is 0 Å². The summed E-state index contributed by atoms with van der Waals surface area (Å²) in [5.74, 6) is 2.93. The van der Waals surface area contributed by atoms with Crippen LogP contribution in [0.15, 0.2) is 47.0 Å². The molecule has 8 heteroatoms. The molecule has 0 N–H and O–H groups in total. The fraction of sp³-hybridized carbons (Fsp3) is 0.400. The number of carbonyl (C=O) groups is 1. The Hall–Kier alpha value is -3.55. The lowest BCUT2D eigenvalue weighted by atomic mass is 10.1. The minimum atomic E-state index is -0.145. The number of nitrogens with zero attached hydrogens (tertiary/aromatic N) is 3. The van der Waals surface area contributed by atoms with Gasteiger partial charge in [0.2, 0.25) is 17.6 Å². The molecule has 1 aliphatic rings. The Morgan fingerprint density at radius 1 is 1.12 bits per heavy atom. The molecule has 3 aromatic rings. The van der Waals surface area contributed by atoms with Gasteiger partial charge in [0, 0.05) is 18.5 Å². The molecule has 2 unspecified atom stereocenters. The second-order valence-electron chi connectivity index (χ2n) is 8.07. The van der Waals surface area contributed by atoms with Crippen LogP contribution in [0.4, 0.5) is 0 Å². The van der Waals surface area contributed by atoms with Crippen LogP contribution >= 0.6 is 0 Å². The maximum Gasteiger partial charge on any atom is 0.232 e. The average Bonchev–Trinajstić information content (AvgIpc) is 3.49. The second-order valence-corrected chi connectivity index (χ2v) is 8.07. The van der Waals surface area contributed by atoms with Crippen molar-refractivity contribution in [3.63, 3.8) is 0 Å². The number of aromatic nitrogens is 2. The lowest BCUT2D eigenvalue weighted by molar-refractivity contribution is -0.129. The molecule has 1 saturated heterocycles. The molecule has 2 aromatic carbocycles. The third kappa shape index (κ3) is 4.79. The maximum atomic E-state index is 12.8. The smallest absolute Gasteiger partial charge is 0.232 e. The molecule has 0 radical (unpaired) electrons. The molecule has 8 nitrogen and oxygen atoms in total. The first-order valence-electron chi connectivity index (χ1n) is 11.1. The number of benzene rings is 2. The van der Waals surface area contributed by atoms with E-state index in [0.29, 0.717) is 42.8 Å². The van der Waals surface area contributed by atoms with E-state index in [-0.39, 0.29) is 17.9 Å². The molecular weight excluding hydrogens is 422 g/mol. The fourth-order valence-electron chi connectivity index (χ4n) is 3.99. The summed E-state index contributed by atoms with van der Waals surface area (Å²) in [5, 5.41) is 4.14. The van der Waals surface area contributed by atoms with E-state index in [2.05, 4.69) is 10.1 Å². The van der Waals surface area contributed by atoms with Gasteiger partial charge in [0.1, 0.15) is 5.75 Å². The number of ether oxygens (including phenoxy) is 3. The molecule has 0 aliphatic carbocycles. The molecule has 0 saturated carbocycles. The second kappa shape index (κ2) is 9.94. The number of carbonyl (C=O) groups excluding carboxylic acids is 1. The average molecular weight is 452 g/mol. The number of amides is 1. The van der Waals surface area contributed by atoms with Crippen LogP contribution in [0.1, 0.15) is 50.1 Å². The molecule has 174 valence electrons. The van der Waals surface area contributed by atoms with Crippen molar-refractivity contribution in [3.8, 4) is 28.6 Å². The van der Waals surface area contributed by atoms with E-state index in [0.717, 1.165) is 23.3 Å². The summed E-state index contributed by atoms with van der Waals surface area (Å²) in [6.45, 7) is 5.22. The van der Waals surface area contributed by atoms with Crippen molar-refractivity contribution < 1.29 is 23.5 Å².